The summed E-state index contributed by atoms with van der Waals surface area (Å²) >= 11 is 5.77. The van der Waals surface area contributed by atoms with Gasteiger partial charge in [-0.2, -0.15) is 0 Å². The molecule has 4 nitrogen and oxygen atoms in total. The fourth-order valence-corrected chi connectivity index (χ4v) is 2.28. The number of rotatable bonds is 7. The SMILES string of the molecule is CN(CCCNC(=O)c1cc(Cl)c[nH]1)Cc1ccccc1. The Morgan fingerprint density at radius 2 is 2.10 bits per heavy atom. The highest BCUT2D eigenvalue weighted by Gasteiger charge is 2.07. The summed E-state index contributed by atoms with van der Waals surface area (Å²) in [4.78, 5) is 16.9. The molecule has 5 heteroatoms. The molecule has 0 aliphatic heterocycles. The van der Waals surface area contributed by atoms with Crippen molar-refractivity contribution in [2.45, 2.75) is 13.0 Å². The van der Waals surface area contributed by atoms with Crippen LogP contribution in [0.3, 0.4) is 0 Å². The fraction of sp³-hybridized carbons (Fsp3) is 0.312. The Bertz CT molecular complexity index is 568. The lowest BCUT2D eigenvalue weighted by Crippen LogP contribution is -2.28. The molecule has 1 heterocycles. The van der Waals surface area contributed by atoms with Gasteiger partial charge in [-0.1, -0.05) is 41.9 Å². The van der Waals surface area contributed by atoms with Crippen LogP contribution in [0.25, 0.3) is 0 Å². The van der Waals surface area contributed by atoms with Gasteiger partial charge in [0.1, 0.15) is 5.69 Å². The fourth-order valence-electron chi connectivity index (χ4n) is 2.12. The van der Waals surface area contributed by atoms with Crippen LogP contribution in [0.5, 0.6) is 0 Å². The first kappa shape index (κ1) is 15.6. The van der Waals surface area contributed by atoms with E-state index in [2.05, 4.69) is 34.4 Å². The van der Waals surface area contributed by atoms with Gasteiger partial charge in [0.2, 0.25) is 0 Å². The Balaban J connectivity index is 1.64. The summed E-state index contributed by atoms with van der Waals surface area (Å²) in [6.07, 6.45) is 2.51. The van der Waals surface area contributed by atoms with Gasteiger partial charge in [-0.3, -0.25) is 4.79 Å². The minimum atomic E-state index is -0.118. The number of carbonyl (C=O) groups is 1. The molecule has 2 rings (SSSR count). The molecule has 0 spiro atoms. The Labute approximate surface area is 130 Å². The quantitative estimate of drug-likeness (QED) is 0.773. The summed E-state index contributed by atoms with van der Waals surface area (Å²) in [5.74, 6) is -0.118. The van der Waals surface area contributed by atoms with E-state index in [-0.39, 0.29) is 5.91 Å². The number of aromatic amines is 1. The third-order valence-corrected chi connectivity index (χ3v) is 3.41. The molecule has 0 aliphatic carbocycles. The molecule has 1 amide bonds. The molecule has 2 N–H and O–H groups in total. The van der Waals surface area contributed by atoms with Crippen molar-refractivity contribution >= 4 is 17.5 Å². The van der Waals surface area contributed by atoms with E-state index in [1.165, 1.54) is 5.56 Å². The van der Waals surface area contributed by atoms with Crippen LogP contribution in [0.15, 0.2) is 42.6 Å². The van der Waals surface area contributed by atoms with Crippen molar-refractivity contribution in [2.24, 2.45) is 0 Å². The van der Waals surface area contributed by atoms with Gasteiger partial charge < -0.3 is 15.2 Å². The zero-order chi connectivity index (χ0) is 15.1. The molecule has 0 fully saturated rings. The monoisotopic (exact) mass is 305 g/mol. The Hall–Kier alpha value is -1.78. The van der Waals surface area contributed by atoms with Crippen molar-refractivity contribution in [3.05, 3.63) is 58.9 Å². The van der Waals surface area contributed by atoms with E-state index in [0.717, 1.165) is 19.5 Å². The number of hydrogen-bond donors (Lipinski definition) is 2. The average molecular weight is 306 g/mol. The van der Waals surface area contributed by atoms with Gasteiger partial charge in [0, 0.05) is 19.3 Å². The molecule has 0 bridgehead atoms. The maximum Gasteiger partial charge on any atom is 0.267 e. The smallest absolute Gasteiger partial charge is 0.267 e. The first-order valence-electron chi connectivity index (χ1n) is 7.00. The molecule has 0 saturated heterocycles. The predicted molar refractivity (Wildman–Crippen MR) is 85.5 cm³/mol. The first-order valence-corrected chi connectivity index (χ1v) is 7.37. The van der Waals surface area contributed by atoms with Gasteiger partial charge in [0.15, 0.2) is 0 Å². The molecule has 1 aromatic carbocycles. The molecular formula is C16H20ClN3O. The molecule has 2 aromatic rings. The minimum Gasteiger partial charge on any atom is -0.356 e. The van der Waals surface area contributed by atoms with Crippen LogP contribution in [0, 0.1) is 0 Å². The second-order valence-corrected chi connectivity index (χ2v) is 5.50. The van der Waals surface area contributed by atoms with Crippen molar-refractivity contribution in [3.8, 4) is 0 Å². The van der Waals surface area contributed by atoms with E-state index < -0.39 is 0 Å². The summed E-state index contributed by atoms with van der Waals surface area (Å²) in [6, 6.07) is 12.0. The average Bonchev–Trinajstić information content (AvgIpc) is 2.91. The van der Waals surface area contributed by atoms with Crippen LogP contribution in [-0.4, -0.2) is 35.9 Å². The summed E-state index contributed by atoms with van der Waals surface area (Å²) in [5.41, 5.74) is 1.79. The van der Waals surface area contributed by atoms with Crippen molar-refractivity contribution in [2.75, 3.05) is 20.1 Å². The van der Waals surface area contributed by atoms with Gasteiger partial charge >= 0.3 is 0 Å². The third kappa shape index (κ3) is 5.25. The number of aromatic nitrogens is 1. The predicted octanol–water partition coefficient (Wildman–Crippen LogP) is 2.92. The lowest BCUT2D eigenvalue weighted by Gasteiger charge is -2.16. The molecule has 0 unspecified atom stereocenters. The number of carbonyl (C=O) groups excluding carboxylic acids is 1. The van der Waals surface area contributed by atoms with E-state index in [9.17, 15) is 4.79 Å². The summed E-state index contributed by atoms with van der Waals surface area (Å²) in [7, 11) is 2.08. The number of nitrogens with one attached hydrogen (secondary N) is 2. The second-order valence-electron chi connectivity index (χ2n) is 5.06. The molecule has 0 saturated carbocycles. The summed E-state index contributed by atoms with van der Waals surface area (Å²) < 4.78 is 0. The van der Waals surface area contributed by atoms with Crippen LogP contribution in [0.2, 0.25) is 5.02 Å². The summed E-state index contributed by atoms with van der Waals surface area (Å²) in [5, 5.41) is 3.42. The minimum absolute atomic E-state index is 0.118. The van der Waals surface area contributed by atoms with Crippen LogP contribution in [-0.2, 0) is 6.54 Å². The van der Waals surface area contributed by atoms with Crippen LogP contribution < -0.4 is 5.32 Å². The first-order chi connectivity index (χ1) is 10.1. The van der Waals surface area contributed by atoms with E-state index in [1.54, 1.807) is 12.3 Å². The Morgan fingerprint density at radius 3 is 2.76 bits per heavy atom. The molecule has 0 aliphatic rings. The Morgan fingerprint density at radius 1 is 1.33 bits per heavy atom. The van der Waals surface area contributed by atoms with Crippen molar-refractivity contribution in [3.63, 3.8) is 0 Å². The molecule has 112 valence electrons. The third-order valence-electron chi connectivity index (χ3n) is 3.19. The number of H-pyrrole nitrogens is 1. The van der Waals surface area contributed by atoms with Crippen molar-refractivity contribution in [1.29, 1.82) is 0 Å². The van der Waals surface area contributed by atoms with Gasteiger partial charge in [-0.15, -0.1) is 0 Å². The maximum absolute atomic E-state index is 11.8. The summed E-state index contributed by atoms with van der Waals surface area (Å²) in [6.45, 7) is 2.50. The number of nitrogens with zero attached hydrogens (tertiary/aromatic N) is 1. The highest BCUT2D eigenvalue weighted by molar-refractivity contribution is 6.30. The zero-order valence-electron chi connectivity index (χ0n) is 12.1. The highest BCUT2D eigenvalue weighted by atomic mass is 35.5. The number of halogens is 1. The van der Waals surface area contributed by atoms with Crippen molar-refractivity contribution < 1.29 is 4.79 Å². The van der Waals surface area contributed by atoms with Gasteiger partial charge in [0.05, 0.1) is 5.02 Å². The largest absolute Gasteiger partial charge is 0.356 e. The van der Waals surface area contributed by atoms with Crippen LogP contribution in [0.4, 0.5) is 0 Å². The number of benzene rings is 1. The lowest BCUT2D eigenvalue weighted by molar-refractivity contribution is 0.0947. The molecular weight excluding hydrogens is 286 g/mol. The van der Waals surface area contributed by atoms with E-state index >= 15 is 0 Å². The van der Waals surface area contributed by atoms with Gasteiger partial charge in [-0.05, 0) is 31.6 Å². The van der Waals surface area contributed by atoms with Crippen molar-refractivity contribution in [1.82, 2.24) is 15.2 Å². The second kappa shape index (κ2) is 7.86. The molecule has 0 radical (unpaired) electrons. The van der Waals surface area contributed by atoms with E-state index in [1.807, 2.05) is 18.2 Å². The van der Waals surface area contributed by atoms with E-state index in [4.69, 9.17) is 11.6 Å². The number of amides is 1. The molecule has 0 atom stereocenters. The van der Waals surface area contributed by atoms with E-state index in [0.29, 0.717) is 17.3 Å². The van der Waals surface area contributed by atoms with Gasteiger partial charge in [0.25, 0.3) is 5.91 Å². The highest BCUT2D eigenvalue weighted by Crippen LogP contribution is 2.09. The molecule has 21 heavy (non-hydrogen) atoms. The maximum atomic E-state index is 11.8. The van der Waals surface area contributed by atoms with Crippen LogP contribution >= 0.6 is 11.6 Å². The zero-order valence-corrected chi connectivity index (χ0v) is 12.9. The Kier molecular flexibility index (Phi) is 5.84. The van der Waals surface area contributed by atoms with Gasteiger partial charge in [-0.25, -0.2) is 0 Å². The standard InChI is InChI=1S/C16H20ClN3O/c1-20(12-13-6-3-2-4-7-13)9-5-8-18-16(21)15-10-14(17)11-19-15/h2-4,6-7,10-11,19H,5,8-9,12H2,1H3,(H,18,21). The normalized spacial score (nSPS) is 10.8. The molecule has 1 aromatic heterocycles. The topological polar surface area (TPSA) is 48.1 Å². The van der Waals surface area contributed by atoms with Crippen LogP contribution in [0.1, 0.15) is 22.5 Å². The lowest BCUT2D eigenvalue weighted by atomic mass is 10.2. The number of hydrogen-bond acceptors (Lipinski definition) is 2.